The number of halogens is 2. The molecule has 2 rings (SSSR count). The Hall–Kier alpha value is -1.00. The minimum Gasteiger partial charge on any atom is -0.293 e. The van der Waals surface area contributed by atoms with E-state index >= 15 is 0 Å². The van der Waals surface area contributed by atoms with Crippen molar-refractivity contribution in [3.8, 4) is 10.4 Å². The lowest BCUT2D eigenvalue weighted by atomic mass is 10.2. The molecule has 0 N–H and O–H groups in total. The average molecular weight is 313 g/mol. The third-order valence-electron chi connectivity index (χ3n) is 2.40. The maximum absolute atomic E-state index is 13.6. The lowest BCUT2D eigenvalue weighted by Gasteiger charge is -2.00. The normalized spacial score (nSPS) is 10.5. The number of hydrogen-bond donors (Lipinski definition) is 0. The third kappa shape index (κ3) is 2.64. The molecule has 0 spiro atoms. The molecule has 0 amide bonds. The van der Waals surface area contributed by atoms with Crippen molar-refractivity contribution in [3.05, 3.63) is 45.5 Å². The van der Waals surface area contributed by atoms with Gasteiger partial charge >= 0.3 is 0 Å². The van der Waals surface area contributed by atoms with Gasteiger partial charge in [0.25, 0.3) is 0 Å². The Morgan fingerprint density at radius 1 is 1.35 bits per heavy atom. The second kappa shape index (κ2) is 5.10. The zero-order valence-corrected chi connectivity index (χ0v) is 11.6. The molecule has 0 radical (unpaired) electrons. The van der Waals surface area contributed by atoms with Crippen LogP contribution in [0.4, 0.5) is 4.39 Å². The number of ketones is 1. The maximum atomic E-state index is 13.6. The minimum absolute atomic E-state index is 0.0941. The highest BCUT2D eigenvalue weighted by Gasteiger charge is 2.11. The van der Waals surface area contributed by atoms with E-state index in [2.05, 4.69) is 15.9 Å². The van der Waals surface area contributed by atoms with Gasteiger partial charge in [-0.1, -0.05) is 22.9 Å². The van der Waals surface area contributed by atoms with Gasteiger partial charge in [0, 0.05) is 21.3 Å². The van der Waals surface area contributed by atoms with Crippen LogP contribution in [0.15, 0.2) is 34.8 Å². The number of hydrogen-bond acceptors (Lipinski definition) is 2. The smallest absolute Gasteiger partial charge is 0.172 e. The Morgan fingerprint density at radius 2 is 2.12 bits per heavy atom. The molecular formula is C13H10BrFOS. The first-order valence-corrected chi connectivity index (χ1v) is 6.81. The van der Waals surface area contributed by atoms with E-state index < -0.39 is 0 Å². The largest absolute Gasteiger partial charge is 0.293 e. The molecule has 17 heavy (non-hydrogen) atoms. The van der Waals surface area contributed by atoms with Crippen LogP contribution in [0.5, 0.6) is 0 Å². The van der Waals surface area contributed by atoms with Gasteiger partial charge < -0.3 is 0 Å². The zero-order chi connectivity index (χ0) is 12.4. The predicted molar refractivity (Wildman–Crippen MR) is 72.0 cm³/mol. The van der Waals surface area contributed by atoms with E-state index in [4.69, 9.17) is 0 Å². The Labute approximate surface area is 111 Å². The quantitative estimate of drug-likeness (QED) is 0.736. The molecule has 0 fully saturated rings. The topological polar surface area (TPSA) is 17.1 Å². The summed E-state index contributed by atoms with van der Waals surface area (Å²) >= 11 is 4.65. The lowest BCUT2D eigenvalue weighted by molar-refractivity contribution is 0.0992. The molecular weight excluding hydrogens is 303 g/mol. The van der Waals surface area contributed by atoms with E-state index in [0.717, 1.165) is 9.35 Å². The highest BCUT2D eigenvalue weighted by Crippen LogP contribution is 2.32. The van der Waals surface area contributed by atoms with Gasteiger partial charge in [0.2, 0.25) is 0 Å². The summed E-state index contributed by atoms with van der Waals surface area (Å²) in [5.74, 6) is -0.179. The number of carbonyl (C=O) groups is 1. The first-order chi connectivity index (χ1) is 8.11. The fourth-order valence-electron chi connectivity index (χ4n) is 1.49. The number of rotatable bonds is 3. The molecule has 0 bridgehead atoms. The second-order valence-electron chi connectivity index (χ2n) is 3.56. The summed E-state index contributed by atoms with van der Waals surface area (Å²) in [6, 6.07) is 8.34. The molecule has 1 aromatic carbocycles. The highest BCUT2D eigenvalue weighted by atomic mass is 79.9. The van der Waals surface area contributed by atoms with Crippen molar-refractivity contribution in [1.82, 2.24) is 0 Å². The van der Waals surface area contributed by atoms with Crippen LogP contribution in [0, 0.1) is 5.82 Å². The number of Topliss-reactive ketones (excluding diaryl/α,β-unsaturated/α-hetero) is 1. The summed E-state index contributed by atoms with van der Waals surface area (Å²) in [7, 11) is 0. The molecule has 0 saturated carbocycles. The molecule has 0 aliphatic heterocycles. The van der Waals surface area contributed by atoms with Gasteiger partial charge in [0.15, 0.2) is 5.78 Å². The second-order valence-corrected chi connectivity index (χ2v) is 5.56. The van der Waals surface area contributed by atoms with E-state index in [9.17, 15) is 9.18 Å². The van der Waals surface area contributed by atoms with Gasteiger partial charge in [-0.3, -0.25) is 4.79 Å². The van der Waals surface area contributed by atoms with Crippen molar-refractivity contribution >= 4 is 33.0 Å². The van der Waals surface area contributed by atoms with Crippen LogP contribution in [-0.4, -0.2) is 5.78 Å². The van der Waals surface area contributed by atoms with Crippen molar-refractivity contribution in [2.24, 2.45) is 0 Å². The van der Waals surface area contributed by atoms with Crippen molar-refractivity contribution in [1.29, 1.82) is 0 Å². The molecule has 2 aromatic rings. The predicted octanol–water partition coefficient (Wildman–Crippen LogP) is 4.91. The average Bonchev–Trinajstić information content (AvgIpc) is 2.80. The first-order valence-electron chi connectivity index (χ1n) is 5.20. The molecule has 1 aromatic heterocycles. The summed E-state index contributed by atoms with van der Waals surface area (Å²) in [5.41, 5.74) is 0.527. The van der Waals surface area contributed by atoms with E-state index in [1.165, 1.54) is 17.4 Å². The van der Waals surface area contributed by atoms with Crippen LogP contribution in [0.2, 0.25) is 0 Å². The van der Waals surface area contributed by atoms with Gasteiger partial charge in [-0.05, 0) is 30.3 Å². The Kier molecular flexibility index (Phi) is 3.74. The number of carbonyl (C=O) groups excluding carboxylic acids is 1. The van der Waals surface area contributed by atoms with Gasteiger partial charge in [-0.2, -0.15) is 0 Å². The summed E-state index contributed by atoms with van der Waals surface area (Å²) in [6.45, 7) is 1.82. The van der Waals surface area contributed by atoms with E-state index in [1.807, 2.05) is 6.92 Å². The lowest BCUT2D eigenvalue weighted by Crippen LogP contribution is -1.90. The van der Waals surface area contributed by atoms with Gasteiger partial charge in [0.1, 0.15) is 5.82 Å². The number of thiophene rings is 1. The van der Waals surface area contributed by atoms with Gasteiger partial charge in [0.05, 0.1) is 4.88 Å². The first kappa shape index (κ1) is 12.5. The molecule has 88 valence electrons. The monoisotopic (exact) mass is 312 g/mol. The fourth-order valence-corrected chi connectivity index (χ4v) is 2.89. The molecule has 1 heterocycles. The van der Waals surface area contributed by atoms with Crippen molar-refractivity contribution in [2.45, 2.75) is 13.3 Å². The molecule has 1 nitrogen and oxygen atoms in total. The summed E-state index contributed by atoms with van der Waals surface area (Å²) < 4.78 is 14.5. The highest BCUT2D eigenvalue weighted by molar-refractivity contribution is 9.10. The van der Waals surface area contributed by atoms with Crippen molar-refractivity contribution in [3.63, 3.8) is 0 Å². The van der Waals surface area contributed by atoms with Crippen LogP contribution in [0.1, 0.15) is 23.0 Å². The summed E-state index contributed by atoms with van der Waals surface area (Å²) in [5, 5.41) is 0. The van der Waals surface area contributed by atoms with Crippen LogP contribution < -0.4 is 0 Å². The Morgan fingerprint density at radius 3 is 2.82 bits per heavy atom. The molecule has 4 heteroatoms. The van der Waals surface area contributed by atoms with Crippen LogP contribution >= 0.6 is 27.3 Å². The van der Waals surface area contributed by atoms with Gasteiger partial charge in [-0.15, -0.1) is 11.3 Å². The molecule has 0 unspecified atom stereocenters. The zero-order valence-electron chi connectivity index (χ0n) is 9.17. The number of benzene rings is 1. The van der Waals surface area contributed by atoms with Crippen molar-refractivity contribution < 1.29 is 9.18 Å². The van der Waals surface area contributed by atoms with Crippen molar-refractivity contribution in [2.75, 3.05) is 0 Å². The standard InChI is InChI=1S/C13H10BrFOS/c1-2-11(16)13-6-5-12(17-13)9-7-8(14)3-4-10(9)15/h3-7H,2H2,1H3. The van der Waals surface area contributed by atoms with Crippen LogP contribution in [0.3, 0.4) is 0 Å². The SMILES string of the molecule is CCC(=O)c1ccc(-c2cc(Br)ccc2F)s1. The molecule has 0 aliphatic carbocycles. The minimum atomic E-state index is -0.273. The summed E-state index contributed by atoms with van der Waals surface area (Å²) in [4.78, 5) is 13.0. The van der Waals surface area contributed by atoms with E-state index in [1.54, 1.807) is 24.3 Å². The molecule has 0 saturated heterocycles. The summed E-state index contributed by atoms with van der Waals surface area (Å²) in [6.07, 6.45) is 0.473. The van der Waals surface area contributed by atoms with E-state index in [-0.39, 0.29) is 11.6 Å². The Balaban J connectivity index is 2.43. The van der Waals surface area contributed by atoms with Gasteiger partial charge in [-0.25, -0.2) is 4.39 Å². The maximum Gasteiger partial charge on any atom is 0.172 e. The van der Waals surface area contributed by atoms with Crippen LogP contribution in [0.25, 0.3) is 10.4 Å². The van der Waals surface area contributed by atoms with Crippen LogP contribution in [-0.2, 0) is 0 Å². The third-order valence-corrected chi connectivity index (χ3v) is 4.05. The van der Waals surface area contributed by atoms with E-state index in [0.29, 0.717) is 16.9 Å². The Bertz CT molecular complexity index is 562. The fraction of sp³-hybridized carbons (Fsp3) is 0.154. The molecule has 0 atom stereocenters. The molecule has 0 aliphatic rings.